The van der Waals surface area contributed by atoms with Crippen LogP contribution in [-0.4, -0.2) is 20.9 Å². The Balaban J connectivity index is 1.83. The van der Waals surface area contributed by atoms with Gasteiger partial charge in [-0.05, 0) is 30.3 Å². The fourth-order valence-electron chi connectivity index (χ4n) is 2.15. The van der Waals surface area contributed by atoms with Gasteiger partial charge in [-0.3, -0.25) is 9.78 Å². The van der Waals surface area contributed by atoms with E-state index in [-0.39, 0.29) is 29.4 Å². The molecule has 24 heavy (non-hydrogen) atoms. The lowest BCUT2D eigenvalue weighted by Gasteiger charge is -2.08. The summed E-state index contributed by atoms with van der Waals surface area (Å²) in [5, 5.41) is 2.69. The molecule has 6 nitrogen and oxygen atoms in total. The van der Waals surface area contributed by atoms with Gasteiger partial charge in [0.15, 0.2) is 0 Å². The first-order valence-corrected chi connectivity index (χ1v) is 7.21. The Labute approximate surface area is 137 Å². The van der Waals surface area contributed by atoms with Crippen LogP contribution < -0.4 is 11.1 Å². The molecule has 0 spiro atoms. The number of nitrogens with zero attached hydrogens (tertiary/aromatic N) is 3. The van der Waals surface area contributed by atoms with Gasteiger partial charge < -0.3 is 11.1 Å². The van der Waals surface area contributed by atoms with E-state index < -0.39 is 11.7 Å². The molecule has 1 amide bonds. The molecule has 2 aromatic heterocycles. The van der Waals surface area contributed by atoms with Crippen molar-refractivity contribution < 1.29 is 9.18 Å². The van der Waals surface area contributed by atoms with Crippen LogP contribution >= 0.6 is 0 Å². The predicted molar refractivity (Wildman–Crippen MR) is 87.2 cm³/mol. The Bertz CT molecular complexity index is 870. The number of halogens is 1. The first-order valence-electron chi connectivity index (χ1n) is 7.21. The molecule has 0 aliphatic rings. The Morgan fingerprint density at radius 3 is 2.67 bits per heavy atom. The summed E-state index contributed by atoms with van der Waals surface area (Å²) < 4.78 is 13.9. The summed E-state index contributed by atoms with van der Waals surface area (Å²) in [5.41, 5.74) is 6.94. The summed E-state index contributed by atoms with van der Waals surface area (Å²) in [6, 6.07) is 12.9. The molecule has 0 atom stereocenters. The number of nitrogens with one attached hydrogen (secondary N) is 1. The number of hydrogen-bond donors (Lipinski definition) is 2. The molecule has 0 aliphatic heterocycles. The second-order valence-corrected chi connectivity index (χ2v) is 4.98. The van der Waals surface area contributed by atoms with Crippen LogP contribution in [0.1, 0.15) is 16.2 Å². The number of nitrogens with two attached hydrogens (primary N) is 1. The Morgan fingerprint density at radius 2 is 1.92 bits per heavy atom. The summed E-state index contributed by atoms with van der Waals surface area (Å²) in [6.45, 7) is 0.249. The van der Waals surface area contributed by atoms with Crippen molar-refractivity contribution in [1.82, 2.24) is 20.3 Å². The van der Waals surface area contributed by atoms with Gasteiger partial charge in [0.1, 0.15) is 11.5 Å². The zero-order valence-corrected chi connectivity index (χ0v) is 12.6. The maximum absolute atomic E-state index is 13.9. The van der Waals surface area contributed by atoms with Gasteiger partial charge >= 0.3 is 0 Å². The summed E-state index contributed by atoms with van der Waals surface area (Å²) in [7, 11) is 0. The zero-order chi connectivity index (χ0) is 16.9. The summed E-state index contributed by atoms with van der Waals surface area (Å²) >= 11 is 0. The van der Waals surface area contributed by atoms with Crippen molar-refractivity contribution in [2.75, 3.05) is 5.73 Å². The second-order valence-electron chi connectivity index (χ2n) is 4.98. The van der Waals surface area contributed by atoms with Crippen LogP contribution in [0, 0.1) is 5.82 Å². The lowest BCUT2D eigenvalue weighted by molar-refractivity contribution is 0.0945. The van der Waals surface area contributed by atoms with Crippen LogP contribution in [0.2, 0.25) is 0 Å². The average Bonchev–Trinajstić information content (AvgIpc) is 2.60. The lowest BCUT2D eigenvalue weighted by Crippen LogP contribution is -2.24. The molecule has 0 bridgehead atoms. The third kappa shape index (κ3) is 3.52. The normalized spacial score (nSPS) is 10.4. The van der Waals surface area contributed by atoms with Crippen LogP contribution in [0.4, 0.5) is 10.3 Å². The van der Waals surface area contributed by atoms with Gasteiger partial charge in [-0.2, -0.15) is 0 Å². The van der Waals surface area contributed by atoms with E-state index in [1.54, 1.807) is 36.5 Å². The van der Waals surface area contributed by atoms with Gasteiger partial charge in [0.05, 0.1) is 17.9 Å². The first-order chi connectivity index (χ1) is 11.6. The van der Waals surface area contributed by atoms with E-state index in [0.29, 0.717) is 5.69 Å². The molecular weight excluding hydrogens is 309 g/mol. The van der Waals surface area contributed by atoms with Gasteiger partial charge in [0.25, 0.3) is 5.91 Å². The lowest BCUT2D eigenvalue weighted by atomic mass is 10.1. The van der Waals surface area contributed by atoms with E-state index in [0.717, 1.165) is 0 Å². The molecular formula is C17H14FN5O. The number of anilines is 1. The third-order valence-electron chi connectivity index (χ3n) is 3.28. The second kappa shape index (κ2) is 6.82. The van der Waals surface area contributed by atoms with Crippen molar-refractivity contribution >= 4 is 11.9 Å². The molecule has 1 aromatic carbocycles. The van der Waals surface area contributed by atoms with Crippen molar-refractivity contribution in [1.29, 1.82) is 0 Å². The number of carbonyl (C=O) groups is 1. The van der Waals surface area contributed by atoms with E-state index in [1.807, 2.05) is 6.07 Å². The first kappa shape index (κ1) is 15.5. The number of amides is 1. The standard InChI is InChI=1S/C17H14FN5O/c18-13-7-2-1-6-12(13)14-9-15(23-17(19)22-14)16(24)21-10-11-5-3-4-8-20-11/h1-9H,10H2,(H,21,24)(H2,19,22,23). The van der Waals surface area contributed by atoms with E-state index >= 15 is 0 Å². The van der Waals surface area contributed by atoms with Gasteiger partial charge in [-0.25, -0.2) is 14.4 Å². The molecule has 3 aromatic rings. The molecule has 0 aliphatic carbocycles. The highest BCUT2D eigenvalue weighted by Crippen LogP contribution is 2.21. The molecule has 0 unspecified atom stereocenters. The van der Waals surface area contributed by atoms with Gasteiger partial charge in [-0.15, -0.1) is 0 Å². The van der Waals surface area contributed by atoms with Crippen LogP contribution in [0.25, 0.3) is 11.3 Å². The number of pyridine rings is 1. The minimum Gasteiger partial charge on any atom is -0.368 e. The minimum absolute atomic E-state index is 0.0664. The average molecular weight is 323 g/mol. The third-order valence-corrected chi connectivity index (χ3v) is 3.28. The van der Waals surface area contributed by atoms with Crippen molar-refractivity contribution in [3.63, 3.8) is 0 Å². The van der Waals surface area contributed by atoms with Crippen molar-refractivity contribution in [3.05, 3.63) is 71.9 Å². The minimum atomic E-state index is -0.449. The highest BCUT2D eigenvalue weighted by Gasteiger charge is 2.14. The molecule has 0 saturated heterocycles. The maximum Gasteiger partial charge on any atom is 0.270 e. The number of nitrogen functional groups attached to an aromatic ring is 1. The summed E-state index contributed by atoms with van der Waals surface area (Å²) in [4.78, 5) is 24.3. The zero-order valence-electron chi connectivity index (χ0n) is 12.6. The fraction of sp³-hybridized carbons (Fsp3) is 0.0588. The molecule has 2 heterocycles. The summed E-state index contributed by atoms with van der Waals surface area (Å²) in [5.74, 6) is -0.985. The Morgan fingerprint density at radius 1 is 1.12 bits per heavy atom. The molecule has 0 fully saturated rings. The van der Waals surface area contributed by atoms with Crippen LogP contribution in [0.15, 0.2) is 54.7 Å². The SMILES string of the molecule is Nc1nc(C(=O)NCc2ccccn2)cc(-c2ccccc2F)n1. The molecule has 0 saturated carbocycles. The van der Waals surface area contributed by atoms with Gasteiger partial charge in [-0.1, -0.05) is 18.2 Å². The van der Waals surface area contributed by atoms with Crippen LogP contribution in [0.5, 0.6) is 0 Å². The topological polar surface area (TPSA) is 93.8 Å². The maximum atomic E-state index is 13.9. The van der Waals surface area contributed by atoms with Crippen molar-refractivity contribution in [2.45, 2.75) is 6.54 Å². The van der Waals surface area contributed by atoms with Crippen LogP contribution in [0.3, 0.4) is 0 Å². The molecule has 0 radical (unpaired) electrons. The van der Waals surface area contributed by atoms with Crippen molar-refractivity contribution in [2.24, 2.45) is 0 Å². The highest BCUT2D eigenvalue weighted by atomic mass is 19.1. The monoisotopic (exact) mass is 323 g/mol. The number of aromatic nitrogens is 3. The number of benzene rings is 1. The van der Waals surface area contributed by atoms with Crippen LogP contribution in [-0.2, 0) is 6.54 Å². The number of rotatable bonds is 4. The van der Waals surface area contributed by atoms with Gasteiger partial charge in [0, 0.05) is 11.8 Å². The Kier molecular flexibility index (Phi) is 4.42. The highest BCUT2D eigenvalue weighted by molar-refractivity contribution is 5.93. The van der Waals surface area contributed by atoms with E-state index in [2.05, 4.69) is 20.3 Å². The van der Waals surface area contributed by atoms with E-state index in [9.17, 15) is 9.18 Å². The molecule has 120 valence electrons. The molecule has 3 rings (SSSR count). The molecule has 3 N–H and O–H groups in total. The van der Waals surface area contributed by atoms with E-state index in [1.165, 1.54) is 12.1 Å². The molecule has 7 heteroatoms. The van der Waals surface area contributed by atoms with E-state index in [4.69, 9.17) is 5.73 Å². The largest absolute Gasteiger partial charge is 0.368 e. The smallest absolute Gasteiger partial charge is 0.270 e. The quantitative estimate of drug-likeness (QED) is 0.767. The predicted octanol–water partition coefficient (Wildman–Crippen LogP) is 2.19. The van der Waals surface area contributed by atoms with Crippen molar-refractivity contribution in [3.8, 4) is 11.3 Å². The number of hydrogen-bond acceptors (Lipinski definition) is 5. The fourth-order valence-corrected chi connectivity index (χ4v) is 2.15. The summed E-state index contributed by atoms with van der Waals surface area (Å²) in [6.07, 6.45) is 1.64. The Hall–Kier alpha value is -3.35. The van der Waals surface area contributed by atoms with Gasteiger partial charge in [0.2, 0.25) is 5.95 Å². The number of carbonyl (C=O) groups excluding carboxylic acids is 1.